The minimum atomic E-state index is 0.196. The van der Waals surface area contributed by atoms with Crippen LogP contribution in [0.4, 0.5) is 5.69 Å². The van der Waals surface area contributed by atoms with Crippen LogP contribution in [0, 0.1) is 0 Å². The minimum Gasteiger partial charge on any atom is -0.398 e. The quantitative estimate of drug-likeness (QED) is 0.706. The molecule has 0 radical (unpaired) electrons. The summed E-state index contributed by atoms with van der Waals surface area (Å²) in [5.74, 6) is 0. The number of aryl methyl sites for hydroxylation is 1. The molecule has 66 valence electrons. The van der Waals surface area contributed by atoms with Crippen LogP contribution in [0.2, 0.25) is 5.02 Å². The molecule has 0 aliphatic rings. The molecule has 0 atom stereocenters. The predicted octanol–water partition coefficient (Wildman–Crippen LogP) is 1.85. The molecule has 0 saturated heterocycles. The topological polar surface area (TPSA) is 46.2 Å². The van der Waals surface area contributed by atoms with Crippen molar-refractivity contribution < 1.29 is 5.11 Å². The summed E-state index contributed by atoms with van der Waals surface area (Å²) in [6.07, 6.45) is 1.55. The fraction of sp³-hybridized carbons (Fsp3) is 0.333. The summed E-state index contributed by atoms with van der Waals surface area (Å²) < 4.78 is 0. The molecule has 1 rings (SSSR count). The molecule has 0 spiro atoms. The van der Waals surface area contributed by atoms with E-state index in [1.807, 2.05) is 12.1 Å². The zero-order chi connectivity index (χ0) is 8.97. The monoisotopic (exact) mass is 185 g/mol. The van der Waals surface area contributed by atoms with E-state index in [1.165, 1.54) is 0 Å². The molecule has 1 aromatic carbocycles. The average molecular weight is 186 g/mol. The van der Waals surface area contributed by atoms with E-state index in [4.69, 9.17) is 22.4 Å². The Bertz CT molecular complexity index is 263. The second-order valence-corrected chi connectivity index (χ2v) is 3.11. The van der Waals surface area contributed by atoms with Crippen molar-refractivity contribution in [1.29, 1.82) is 0 Å². The van der Waals surface area contributed by atoms with Gasteiger partial charge in [-0.15, -0.1) is 0 Å². The van der Waals surface area contributed by atoms with Gasteiger partial charge in [0, 0.05) is 17.3 Å². The number of hydrogen-bond donors (Lipinski definition) is 2. The number of nitrogens with two attached hydrogens (primary N) is 1. The number of halogens is 1. The Morgan fingerprint density at radius 2 is 2.17 bits per heavy atom. The number of benzene rings is 1. The zero-order valence-corrected chi connectivity index (χ0v) is 7.51. The summed E-state index contributed by atoms with van der Waals surface area (Å²) in [5, 5.41) is 9.26. The molecular formula is C9H12ClNO. The average Bonchev–Trinajstić information content (AvgIpc) is 2.03. The van der Waals surface area contributed by atoms with E-state index in [0.717, 1.165) is 18.4 Å². The Balaban J connectivity index is 2.72. The van der Waals surface area contributed by atoms with Crippen LogP contribution >= 0.6 is 11.6 Å². The molecule has 0 bridgehead atoms. The van der Waals surface area contributed by atoms with Gasteiger partial charge in [-0.2, -0.15) is 0 Å². The van der Waals surface area contributed by atoms with Gasteiger partial charge in [0.25, 0.3) is 0 Å². The van der Waals surface area contributed by atoms with E-state index < -0.39 is 0 Å². The third-order valence-electron chi connectivity index (χ3n) is 1.71. The highest BCUT2D eigenvalue weighted by molar-refractivity contribution is 6.30. The van der Waals surface area contributed by atoms with Crippen molar-refractivity contribution in [3.8, 4) is 0 Å². The molecule has 3 heteroatoms. The molecular weight excluding hydrogens is 174 g/mol. The third kappa shape index (κ3) is 2.40. The fourth-order valence-electron chi connectivity index (χ4n) is 1.06. The molecule has 0 aromatic heterocycles. The fourth-order valence-corrected chi connectivity index (χ4v) is 1.24. The molecule has 0 aliphatic carbocycles. The second kappa shape index (κ2) is 4.33. The standard InChI is InChI=1S/C9H12ClNO/c10-8-4-3-7(2-1-5-12)9(11)6-8/h3-4,6,12H,1-2,5,11H2. The SMILES string of the molecule is Nc1cc(Cl)ccc1CCCO. The minimum absolute atomic E-state index is 0.196. The van der Waals surface area contributed by atoms with Gasteiger partial charge >= 0.3 is 0 Å². The summed E-state index contributed by atoms with van der Waals surface area (Å²) in [4.78, 5) is 0. The van der Waals surface area contributed by atoms with Gasteiger partial charge in [-0.1, -0.05) is 17.7 Å². The van der Waals surface area contributed by atoms with Gasteiger partial charge in [-0.3, -0.25) is 0 Å². The van der Waals surface area contributed by atoms with Gasteiger partial charge in [0.2, 0.25) is 0 Å². The first-order valence-corrected chi connectivity index (χ1v) is 4.26. The molecule has 0 amide bonds. The van der Waals surface area contributed by atoms with Crippen molar-refractivity contribution in [2.75, 3.05) is 12.3 Å². The highest BCUT2D eigenvalue weighted by atomic mass is 35.5. The predicted molar refractivity (Wildman–Crippen MR) is 51.3 cm³/mol. The van der Waals surface area contributed by atoms with Crippen molar-refractivity contribution in [2.45, 2.75) is 12.8 Å². The Hall–Kier alpha value is -0.730. The first kappa shape index (κ1) is 9.36. The number of nitrogen functional groups attached to an aromatic ring is 1. The molecule has 0 heterocycles. The molecule has 0 fully saturated rings. The number of aliphatic hydroxyl groups excluding tert-OH is 1. The highest BCUT2D eigenvalue weighted by Crippen LogP contribution is 2.18. The molecule has 0 saturated carbocycles. The Morgan fingerprint density at radius 3 is 2.75 bits per heavy atom. The van der Waals surface area contributed by atoms with Crippen LogP contribution in [-0.4, -0.2) is 11.7 Å². The number of rotatable bonds is 3. The van der Waals surface area contributed by atoms with Gasteiger partial charge in [0.1, 0.15) is 0 Å². The number of anilines is 1. The summed E-state index contributed by atoms with van der Waals surface area (Å²) in [6, 6.07) is 5.44. The van der Waals surface area contributed by atoms with Gasteiger partial charge in [0.05, 0.1) is 0 Å². The Labute approximate surface area is 77.0 Å². The lowest BCUT2D eigenvalue weighted by Gasteiger charge is -2.03. The number of aliphatic hydroxyl groups is 1. The van der Waals surface area contributed by atoms with E-state index in [2.05, 4.69) is 0 Å². The molecule has 0 unspecified atom stereocenters. The highest BCUT2D eigenvalue weighted by Gasteiger charge is 1.98. The molecule has 0 aliphatic heterocycles. The summed E-state index contributed by atoms with van der Waals surface area (Å²) in [5.41, 5.74) is 7.45. The van der Waals surface area contributed by atoms with E-state index in [-0.39, 0.29) is 6.61 Å². The maximum Gasteiger partial charge on any atom is 0.0434 e. The number of hydrogen-bond acceptors (Lipinski definition) is 2. The van der Waals surface area contributed by atoms with Crippen molar-refractivity contribution in [3.05, 3.63) is 28.8 Å². The molecule has 1 aromatic rings. The van der Waals surface area contributed by atoms with Crippen LogP contribution in [0.15, 0.2) is 18.2 Å². The smallest absolute Gasteiger partial charge is 0.0434 e. The van der Waals surface area contributed by atoms with E-state index in [9.17, 15) is 0 Å². The van der Waals surface area contributed by atoms with Crippen LogP contribution in [-0.2, 0) is 6.42 Å². The van der Waals surface area contributed by atoms with Crippen LogP contribution in [0.1, 0.15) is 12.0 Å². The lowest BCUT2D eigenvalue weighted by atomic mass is 10.1. The second-order valence-electron chi connectivity index (χ2n) is 2.67. The third-order valence-corrected chi connectivity index (χ3v) is 1.95. The van der Waals surface area contributed by atoms with Gasteiger partial charge in [-0.25, -0.2) is 0 Å². The maximum absolute atomic E-state index is 8.61. The largest absolute Gasteiger partial charge is 0.398 e. The normalized spacial score (nSPS) is 10.2. The summed E-state index contributed by atoms with van der Waals surface area (Å²) in [7, 11) is 0. The van der Waals surface area contributed by atoms with Gasteiger partial charge in [-0.05, 0) is 30.5 Å². The van der Waals surface area contributed by atoms with Crippen molar-refractivity contribution in [1.82, 2.24) is 0 Å². The first-order chi connectivity index (χ1) is 5.74. The molecule has 12 heavy (non-hydrogen) atoms. The first-order valence-electron chi connectivity index (χ1n) is 3.89. The summed E-state index contributed by atoms with van der Waals surface area (Å²) in [6.45, 7) is 0.196. The van der Waals surface area contributed by atoms with Crippen molar-refractivity contribution in [2.24, 2.45) is 0 Å². The van der Waals surface area contributed by atoms with E-state index >= 15 is 0 Å². The lowest BCUT2D eigenvalue weighted by molar-refractivity contribution is 0.288. The van der Waals surface area contributed by atoms with Gasteiger partial charge in [0.15, 0.2) is 0 Å². The zero-order valence-electron chi connectivity index (χ0n) is 6.76. The van der Waals surface area contributed by atoms with Crippen LogP contribution < -0.4 is 5.73 Å². The van der Waals surface area contributed by atoms with E-state index in [1.54, 1.807) is 6.07 Å². The van der Waals surface area contributed by atoms with Crippen molar-refractivity contribution in [3.63, 3.8) is 0 Å². The van der Waals surface area contributed by atoms with Crippen molar-refractivity contribution >= 4 is 17.3 Å². The van der Waals surface area contributed by atoms with Crippen LogP contribution in [0.25, 0.3) is 0 Å². The molecule has 2 nitrogen and oxygen atoms in total. The van der Waals surface area contributed by atoms with Crippen LogP contribution in [0.5, 0.6) is 0 Å². The Kier molecular flexibility index (Phi) is 3.38. The van der Waals surface area contributed by atoms with Crippen LogP contribution in [0.3, 0.4) is 0 Å². The molecule has 3 N–H and O–H groups in total. The maximum atomic E-state index is 8.61. The van der Waals surface area contributed by atoms with E-state index in [0.29, 0.717) is 10.7 Å². The lowest BCUT2D eigenvalue weighted by Crippen LogP contribution is -1.95. The Morgan fingerprint density at radius 1 is 1.42 bits per heavy atom. The summed E-state index contributed by atoms with van der Waals surface area (Å²) >= 11 is 5.72. The van der Waals surface area contributed by atoms with Gasteiger partial charge < -0.3 is 10.8 Å².